The van der Waals surface area contributed by atoms with E-state index in [9.17, 15) is 4.79 Å². The minimum Gasteiger partial charge on any atom is -0.480 e. The normalized spacial score (nSPS) is 12.7. The molecule has 2 N–H and O–H groups in total. The van der Waals surface area contributed by atoms with Crippen LogP contribution in [0, 0.1) is 0 Å². The van der Waals surface area contributed by atoms with Crippen molar-refractivity contribution in [3.63, 3.8) is 0 Å². The van der Waals surface area contributed by atoms with Crippen molar-refractivity contribution in [3.05, 3.63) is 18.0 Å². The first-order valence-corrected chi connectivity index (χ1v) is 5.17. The molecule has 0 saturated heterocycles. The maximum Gasteiger partial charge on any atom is 0.325 e. The molecule has 0 aromatic carbocycles. The van der Waals surface area contributed by atoms with Gasteiger partial charge in [-0.25, -0.2) is 0 Å². The van der Waals surface area contributed by atoms with Gasteiger partial charge in [-0.3, -0.25) is 9.48 Å². The van der Waals surface area contributed by atoms with Gasteiger partial charge in [0.2, 0.25) is 0 Å². The molecular formula is C10H17N3O2. The fraction of sp³-hybridized carbons (Fsp3) is 0.600. The van der Waals surface area contributed by atoms with Gasteiger partial charge in [-0.2, -0.15) is 5.10 Å². The molecule has 84 valence electrons. The summed E-state index contributed by atoms with van der Waals surface area (Å²) >= 11 is 0. The number of hydrogen-bond donors (Lipinski definition) is 2. The van der Waals surface area contributed by atoms with Crippen molar-refractivity contribution in [1.29, 1.82) is 0 Å². The molecule has 0 aliphatic rings. The average Bonchev–Trinajstić information content (AvgIpc) is 2.62. The Bertz CT molecular complexity index is 322. The summed E-state index contributed by atoms with van der Waals surface area (Å²) in [5, 5.41) is 16.0. The van der Waals surface area contributed by atoms with Crippen molar-refractivity contribution < 1.29 is 9.90 Å². The van der Waals surface area contributed by atoms with Gasteiger partial charge in [0.25, 0.3) is 0 Å². The molecule has 1 aromatic rings. The van der Waals surface area contributed by atoms with Crippen LogP contribution in [-0.4, -0.2) is 27.4 Å². The zero-order valence-electron chi connectivity index (χ0n) is 9.10. The van der Waals surface area contributed by atoms with Crippen molar-refractivity contribution in [1.82, 2.24) is 15.1 Å². The van der Waals surface area contributed by atoms with E-state index in [-0.39, 0.29) is 0 Å². The molecule has 0 bridgehead atoms. The molecule has 1 unspecified atom stereocenters. The van der Waals surface area contributed by atoms with Crippen molar-refractivity contribution >= 4 is 5.97 Å². The van der Waals surface area contributed by atoms with Crippen LogP contribution in [0.4, 0.5) is 0 Å². The molecule has 1 rings (SSSR count). The Morgan fingerprint density at radius 1 is 1.67 bits per heavy atom. The standard InChI is InChI=1S/C10H17N3O2/c1-3-5-13-7-8(6-12-13)9(10(14)15)11-4-2/h6-7,9,11H,3-5H2,1-2H3,(H,14,15). The van der Waals surface area contributed by atoms with E-state index in [1.165, 1.54) is 0 Å². The van der Waals surface area contributed by atoms with Gasteiger partial charge in [0.1, 0.15) is 6.04 Å². The van der Waals surface area contributed by atoms with E-state index >= 15 is 0 Å². The van der Waals surface area contributed by atoms with E-state index in [1.807, 2.05) is 6.92 Å². The average molecular weight is 211 g/mol. The number of aryl methyl sites for hydroxylation is 1. The van der Waals surface area contributed by atoms with Crippen LogP contribution in [0.1, 0.15) is 31.9 Å². The highest BCUT2D eigenvalue weighted by Gasteiger charge is 2.19. The first-order chi connectivity index (χ1) is 7.19. The van der Waals surface area contributed by atoms with Crippen LogP contribution in [0.2, 0.25) is 0 Å². The smallest absolute Gasteiger partial charge is 0.325 e. The van der Waals surface area contributed by atoms with Crippen LogP contribution < -0.4 is 5.32 Å². The summed E-state index contributed by atoms with van der Waals surface area (Å²) in [5.41, 5.74) is 0.706. The summed E-state index contributed by atoms with van der Waals surface area (Å²) in [5.74, 6) is -0.868. The molecule has 5 heteroatoms. The number of likely N-dealkylation sites (N-methyl/N-ethyl adjacent to an activating group) is 1. The predicted octanol–water partition coefficient (Wildman–Crippen LogP) is 1.03. The third-order valence-corrected chi connectivity index (χ3v) is 2.09. The number of aromatic nitrogens is 2. The van der Waals surface area contributed by atoms with Crippen molar-refractivity contribution in [2.24, 2.45) is 0 Å². The maximum absolute atomic E-state index is 11.0. The lowest BCUT2D eigenvalue weighted by Gasteiger charge is -2.10. The molecular weight excluding hydrogens is 194 g/mol. The second kappa shape index (κ2) is 5.50. The number of carboxylic acids is 1. The Morgan fingerprint density at radius 3 is 2.93 bits per heavy atom. The lowest BCUT2D eigenvalue weighted by molar-refractivity contribution is -0.139. The second-order valence-corrected chi connectivity index (χ2v) is 3.37. The summed E-state index contributed by atoms with van der Waals surface area (Å²) in [6.45, 7) is 5.38. The van der Waals surface area contributed by atoms with E-state index in [2.05, 4.69) is 17.3 Å². The first-order valence-electron chi connectivity index (χ1n) is 5.17. The third-order valence-electron chi connectivity index (χ3n) is 2.09. The highest BCUT2D eigenvalue weighted by molar-refractivity contribution is 5.75. The third kappa shape index (κ3) is 3.06. The molecule has 0 fully saturated rings. The lowest BCUT2D eigenvalue weighted by Crippen LogP contribution is -2.27. The quantitative estimate of drug-likeness (QED) is 0.737. The molecule has 1 heterocycles. The van der Waals surface area contributed by atoms with Gasteiger partial charge in [-0.05, 0) is 13.0 Å². The van der Waals surface area contributed by atoms with Gasteiger partial charge < -0.3 is 10.4 Å². The predicted molar refractivity (Wildman–Crippen MR) is 56.6 cm³/mol. The van der Waals surface area contributed by atoms with Gasteiger partial charge in [0.15, 0.2) is 0 Å². The summed E-state index contributed by atoms with van der Waals surface area (Å²) in [7, 11) is 0. The number of hydrogen-bond acceptors (Lipinski definition) is 3. The minimum absolute atomic E-state index is 0.621. The van der Waals surface area contributed by atoms with Crippen LogP contribution in [0.3, 0.4) is 0 Å². The second-order valence-electron chi connectivity index (χ2n) is 3.37. The van der Waals surface area contributed by atoms with E-state index < -0.39 is 12.0 Å². The SMILES string of the molecule is CCCn1cc(C(NCC)C(=O)O)cn1. The highest BCUT2D eigenvalue weighted by Crippen LogP contribution is 2.12. The van der Waals surface area contributed by atoms with E-state index in [0.717, 1.165) is 13.0 Å². The number of carboxylic acid groups (broad SMARTS) is 1. The molecule has 0 saturated carbocycles. The number of nitrogens with one attached hydrogen (secondary N) is 1. The fourth-order valence-corrected chi connectivity index (χ4v) is 1.43. The first kappa shape index (κ1) is 11.7. The molecule has 0 aliphatic heterocycles. The van der Waals surface area contributed by atoms with Crippen molar-refractivity contribution in [2.75, 3.05) is 6.54 Å². The van der Waals surface area contributed by atoms with Gasteiger partial charge in [-0.1, -0.05) is 13.8 Å². The Hall–Kier alpha value is -1.36. The summed E-state index contributed by atoms with van der Waals surface area (Å²) in [6, 6.07) is -0.652. The largest absolute Gasteiger partial charge is 0.480 e. The Morgan fingerprint density at radius 2 is 2.40 bits per heavy atom. The van der Waals surface area contributed by atoms with Crippen LogP contribution in [0.15, 0.2) is 12.4 Å². The number of carbonyl (C=O) groups is 1. The molecule has 15 heavy (non-hydrogen) atoms. The molecule has 0 radical (unpaired) electrons. The molecule has 1 atom stereocenters. The Labute approximate surface area is 89.1 Å². The van der Waals surface area contributed by atoms with Gasteiger partial charge in [0.05, 0.1) is 6.20 Å². The Kier molecular flexibility index (Phi) is 4.30. The fourth-order valence-electron chi connectivity index (χ4n) is 1.43. The van der Waals surface area contributed by atoms with E-state index in [4.69, 9.17) is 5.11 Å². The molecule has 1 aromatic heterocycles. The van der Waals surface area contributed by atoms with E-state index in [1.54, 1.807) is 17.1 Å². The van der Waals surface area contributed by atoms with Crippen LogP contribution in [0.5, 0.6) is 0 Å². The van der Waals surface area contributed by atoms with Crippen molar-refractivity contribution in [2.45, 2.75) is 32.9 Å². The highest BCUT2D eigenvalue weighted by atomic mass is 16.4. The Balaban J connectivity index is 2.77. The number of aliphatic carboxylic acids is 1. The minimum atomic E-state index is -0.868. The monoisotopic (exact) mass is 211 g/mol. The zero-order valence-corrected chi connectivity index (χ0v) is 9.10. The molecule has 0 aliphatic carbocycles. The maximum atomic E-state index is 11.0. The van der Waals surface area contributed by atoms with Crippen LogP contribution >= 0.6 is 0 Å². The van der Waals surface area contributed by atoms with Gasteiger partial charge in [-0.15, -0.1) is 0 Å². The van der Waals surface area contributed by atoms with Crippen LogP contribution in [0.25, 0.3) is 0 Å². The van der Waals surface area contributed by atoms with Gasteiger partial charge in [0, 0.05) is 18.3 Å². The zero-order chi connectivity index (χ0) is 11.3. The topological polar surface area (TPSA) is 67.2 Å². The van der Waals surface area contributed by atoms with E-state index in [0.29, 0.717) is 12.1 Å². The lowest BCUT2D eigenvalue weighted by atomic mass is 10.1. The number of rotatable bonds is 6. The molecule has 0 amide bonds. The molecule has 5 nitrogen and oxygen atoms in total. The molecule has 0 spiro atoms. The summed E-state index contributed by atoms with van der Waals surface area (Å²) < 4.78 is 1.77. The van der Waals surface area contributed by atoms with Gasteiger partial charge >= 0.3 is 5.97 Å². The summed E-state index contributed by atoms with van der Waals surface area (Å²) in [6.07, 6.45) is 4.38. The number of nitrogens with zero attached hydrogens (tertiary/aromatic N) is 2. The summed E-state index contributed by atoms with van der Waals surface area (Å²) in [4.78, 5) is 11.0. The van der Waals surface area contributed by atoms with Crippen molar-refractivity contribution in [3.8, 4) is 0 Å². The van der Waals surface area contributed by atoms with Crippen LogP contribution in [-0.2, 0) is 11.3 Å².